The van der Waals surface area contributed by atoms with Crippen molar-refractivity contribution < 1.29 is 20.1 Å². The number of aliphatic hydroxyl groups is 2. The smallest absolute Gasteiger partial charge is 0.205 e. The molecular formula is C21H16O8. The number of hydrogen-bond acceptors (Lipinski definition) is 8. The summed E-state index contributed by atoms with van der Waals surface area (Å²) in [6.07, 6.45) is 0. The number of benzene rings is 1. The number of carbonyl (C=O) groups is 1. The van der Waals surface area contributed by atoms with Crippen LogP contribution in [-0.2, 0) is 0 Å². The summed E-state index contributed by atoms with van der Waals surface area (Å²) in [6.45, 7) is 4.77. The zero-order chi connectivity index (χ0) is 21.9. The standard InChI is InChI=1S/C21H16O8/c1-6-5-10(25)14-15(11(6)7(2)22)21(29)16-12(8(3)23)18(26)13(9(4)24)19(27)17(16)20(14)28/h5,23-25H,1-4H3/b12-8+,13-9+. The average Bonchev–Trinajstić information content (AvgIpc) is 2.57. The molecule has 0 aliphatic heterocycles. The van der Waals surface area contributed by atoms with E-state index in [0.717, 1.165) is 19.9 Å². The molecule has 0 saturated heterocycles. The molecular weight excluding hydrogens is 380 g/mol. The maximum absolute atomic E-state index is 13.3. The Morgan fingerprint density at radius 3 is 1.76 bits per heavy atom. The summed E-state index contributed by atoms with van der Waals surface area (Å²) in [5.41, 5.74) is -4.30. The summed E-state index contributed by atoms with van der Waals surface area (Å²) in [6, 6.07) is 1.13. The number of phenols is 1. The fraction of sp³-hybridized carbons (Fsp3) is 0.190. The molecule has 8 nitrogen and oxygen atoms in total. The van der Waals surface area contributed by atoms with Gasteiger partial charge < -0.3 is 15.3 Å². The van der Waals surface area contributed by atoms with Gasteiger partial charge >= 0.3 is 0 Å². The van der Waals surface area contributed by atoms with Crippen molar-refractivity contribution in [3.05, 3.63) is 79.0 Å². The molecule has 0 bridgehead atoms. The Morgan fingerprint density at radius 1 is 0.759 bits per heavy atom. The molecule has 3 rings (SSSR count). The SMILES string of the molecule is CC(=O)c1c(C)cc(O)c2c(=O)c3c(=O)/c(=C(\C)O)c(=O)/c(=C(\C)O)c=3c(=O)c12. The number of rotatable bonds is 1. The van der Waals surface area contributed by atoms with E-state index in [1.165, 1.54) is 13.8 Å². The number of aliphatic hydroxyl groups excluding tert-OH is 2. The lowest BCUT2D eigenvalue weighted by Crippen LogP contribution is -2.53. The van der Waals surface area contributed by atoms with Crippen LogP contribution in [0.2, 0.25) is 0 Å². The third kappa shape index (κ3) is 2.56. The van der Waals surface area contributed by atoms with Gasteiger partial charge in [-0.1, -0.05) is 0 Å². The van der Waals surface area contributed by atoms with Crippen LogP contribution in [0.25, 0.3) is 22.3 Å². The minimum Gasteiger partial charge on any atom is -0.512 e. The first-order valence-corrected chi connectivity index (χ1v) is 8.52. The highest BCUT2D eigenvalue weighted by Gasteiger charge is 2.23. The monoisotopic (exact) mass is 396 g/mol. The van der Waals surface area contributed by atoms with Crippen molar-refractivity contribution in [2.24, 2.45) is 0 Å². The van der Waals surface area contributed by atoms with E-state index in [4.69, 9.17) is 0 Å². The Morgan fingerprint density at radius 2 is 1.28 bits per heavy atom. The van der Waals surface area contributed by atoms with Gasteiger partial charge in [-0.3, -0.25) is 24.0 Å². The zero-order valence-electron chi connectivity index (χ0n) is 16.0. The molecule has 3 N–H and O–H groups in total. The minimum absolute atomic E-state index is 0.128. The van der Waals surface area contributed by atoms with E-state index in [1.807, 2.05) is 0 Å². The normalized spacial score (nSPS) is 13.7. The van der Waals surface area contributed by atoms with E-state index >= 15 is 0 Å². The molecule has 0 heterocycles. The van der Waals surface area contributed by atoms with Gasteiger partial charge in [-0.25, -0.2) is 0 Å². The number of carbonyl (C=O) groups excluding carboxylic acids is 1. The third-order valence-corrected chi connectivity index (χ3v) is 4.90. The summed E-state index contributed by atoms with van der Waals surface area (Å²) < 4.78 is 0. The van der Waals surface area contributed by atoms with E-state index < -0.39 is 76.4 Å². The van der Waals surface area contributed by atoms with Crippen molar-refractivity contribution in [2.45, 2.75) is 27.7 Å². The fourth-order valence-corrected chi connectivity index (χ4v) is 3.78. The van der Waals surface area contributed by atoms with Gasteiger partial charge in [-0.15, -0.1) is 0 Å². The summed E-state index contributed by atoms with van der Waals surface area (Å²) in [5.74, 6) is -2.49. The maximum Gasteiger partial charge on any atom is 0.205 e. The van der Waals surface area contributed by atoms with Gasteiger partial charge in [-0.05, 0) is 39.3 Å². The highest BCUT2D eigenvalue weighted by molar-refractivity contribution is 6.09. The van der Waals surface area contributed by atoms with Gasteiger partial charge in [0.25, 0.3) is 0 Å². The Kier molecular flexibility index (Phi) is 4.38. The van der Waals surface area contributed by atoms with Crippen LogP contribution in [0.3, 0.4) is 0 Å². The number of ketones is 1. The lowest BCUT2D eigenvalue weighted by atomic mass is 9.93. The van der Waals surface area contributed by atoms with Gasteiger partial charge in [0.1, 0.15) is 22.5 Å². The van der Waals surface area contributed by atoms with Crippen LogP contribution < -0.4 is 32.2 Å². The molecule has 1 aromatic carbocycles. The van der Waals surface area contributed by atoms with Crippen molar-refractivity contribution in [1.29, 1.82) is 0 Å². The number of aromatic hydroxyl groups is 1. The van der Waals surface area contributed by atoms with Gasteiger partial charge in [0, 0.05) is 10.9 Å². The number of phenolic OH excluding ortho intramolecular Hbond substituents is 1. The molecule has 29 heavy (non-hydrogen) atoms. The lowest BCUT2D eigenvalue weighted by molar-refractivity contribution is 0.101. The van der Waals surface area contributed by atoms with Gasteiger partial charge in [0.15, 0.2) is 11.2 Å². The highest BCUT2D eigenvalue weighted by Crippen LogP contribution is 2.26. The first-order chi connectivity index (χ1) is 13.4. The van der Waals surface area contributed by atoms with E-state index in [1.54, 1.807) is 0 Å². The molecule has 0 spiro atoms. The van der Waals surface area contributed by atoms with Gasteiger partial charge in [0.2, 0.25) is 16.3 Å². The molecule has 8 heteroatoms. The summed E-state index contributed by atoms with van der Waals surface area (Å²) in [5, 5.41) is 26.4. The molecule has 2 aliphatic carbocycles. The van der Waals surface area contributed by atoms with E-state index in [0.29, 0.717) is 0 Å². The quantitative estimate of drug-likeness (QED) is 0.465. The van der Waals surface area contributed by atoms with Crippen molar-refractivity contribution in [3.63, 3.8) is 0 Å². The summed E-state index contributed by atoms with van der Waals surface area (Å²) in [4.78, 5) is 64.1. The third-order valence-electron chi connectivity index (χ3n) is 4.90. The lowest BCUT2D eigenvalue weighted by Gasteiger charge is -2.09. The first-order valence-electron chi connectivity index (χ1n) is 8.52. The molecule has 0 amide bonds. The maximum atomic E-state index is 13.3. The van der Waals surface area contributed by atoms with E-state index in [-0.39, 0.29) is 11.1 Å². The second kappa shape index (κ2) is 6.37. The zero-order valence-corrected chi connectivity index (χ0v) is 16.0. The van der Waals surface area contributed by atoms with Crippen molar-refractivity contribution >= 4 is 28.1 Å². The van der Waals surface area contributed by atoms with Crippen LogP contribution in [0.5, 0.6) is 5.75 Å². The molecule has 0 radical (unpaired) electrons. The largest absolute Gasteiger partial charge is 0.512 e. The minimum atomic E-state index is -1.19. The van der Waals surface area contributed by atoms with Gasteiger partial charge in [-0.2, -0.15) is 0 Å². The Hall–Kier alpha value is -3.81. The van der Waals surface area contributed by atoms with Crippen LogP contribution >= 0.6 is 0 Å². The Balaban J connectivity index is 3.15. The van der Waals surface area contributed by atoms with Crippen LogP contribution in [0.4, 0.5) is 0 Å². The van der Waals surface area contributed by atoms with E-state index in [9.17, 15) is 39.3 Å². The average molecular weight is 396 g/mol. The second-order valence-corrected chi connectivity index (χ2v) is 6.88. The molecule has 0 aromatic heterocycles. The van der Waals surface area contributed by atoms with Crippen molar-refractivity contribution in [1.82, 2.24) is 0 Å². The van der Waals surface area contributed by atoms with Crippen LogP contribution in [0.15, 0.2) is 25.2 Å². The molecule has 2 aliphatic rings. The molecule has 0 atom stereocenters. The van der Waals surface area contributed by atoms with Crippen molar-refractivity contribution in [2.75, 3.05) is 0 Å². The fourth-order valence-electron chi connectivity index (χ4n) is 3.78. The topological polar surface area (TPSA) is 146 Å². The molecule has 148 valence electrons. The predicted octanol–water partition coefficient (Wildman–Crippen LogP) is -0.530. The molecule has 0 fully saturated rings. The van der Waals surface area contributed by atoms with E-state index in [2.05, 4.69) is 0 Å². The van der Waals surface area contributed by atoms with Crippen LogP contribution in [0, 0.1) is 17.4 Å². The van der Waals surface area contributed by atoms with Crippen LogP contribution in [0.1, 0.15) is 36.7 Å². The second-order valence-electron chi connectivity index (χ2n) is 6.88. The number of aryl methyl sites for hydroxylation is 1. The molecule has 0 unspecified atom stereocenters. The highest BCUT2D eigenvalue weighted by atomic mass is 16.3. The number of hydrogen-bond donors (Lipinski definition) is 3. The Bertz CT molecular complexity index is 1640. The predicted molar refractivity (Wildman–Crippen MR) is 106 cm³/mol. The summed E-state index contributed by atoms with van der Waals surface area (Å²) in [7, 11) is 0. The number of fused-ring (bicyclic) bond motifs is 1. The van der Waals surface area contributed by atoms with Crippen LogP contribution in [-0.4, -0.2) is 21.1 Å². The molecule has 0 saturated carbocycles. The first kappa shape index (κ1) is 19.9. The Labute approximate surface area is 161 Å². The van der Waals surface area contributed by atoms with Crippen molar-refractivity contribution in [3.8, 4) is 5.75 Å². The number of Topliss-reactive ketones (excluding diaryl/α,β-unsaturated/α-hetero) is 1. The van der Waals surface area contributed by atoms with Gasteiger partial charge in [0.05, 0.1) is 21.0 Å². The molecule has 1 aromatic rings. The summed E-state index contributed by atoms with van der Waals surface area (Å²) >= 11 is 0.